The van der Waals surface area contributed by atoms with Crippen molar-refractivity contribution in [3.63, 3.8) is 0 Å². The average Bonchev–Trinajstić information content (AvgIpc) is 2.46. The lowest BCUT2D eigenvalue weighted by atomic mass is 9.84. The van der Waals surface area contributed by atoms with E-state index in [1.54, 1.807) is 6.07 Å². The first kappa shape index (κ1) is 14.3. The number of hydrogen-bond acceptors (Lipinski definition) is 3. The predicted molar refractivity (Wildman–Crippen MR) is 80.5 cm³/mol. The molecule has 2 aliphatic heterocycles. The molecular weight excluding hydrogens is 269 g/mol. The van der Waals surface area contributed by atoms with E-state index in [0.717, 1.165) is 31.5 Å². The molecule has 0 aromatic heterocycles. The normalized spacial score (nSPS) is 27.0. The quantitative estimate of drug-likeness (QED) is 0.875. The third kappa shape index (κ3) is 2.75. The number of nitrogens with one attached hydrogen (secondary N) is 1. The van der Waals surface area contributed by atoms with Crippen LogP contribution in [0.5, 0.6) is 0 Å². The molecule has 0 radical (unpaired) electrons. The molecule has 3 rings (SSSR count). The number of rotatable bonds is 2. The van der Waals surface area contributed by atoms with Crippen LogP contribution in [0.1, 0.15) is 37.8 Å². The maximum Gasteiger partial charge on any atom is 0.220 e. The zero-order chi connectivity index (χ0) is 15.0. The zero-order valence-electron chi connectivity index (χ0n) is 12.3. The number of amides is 1. The van der Waals surface area contributed by atoms with Gasteiger partial charge in [-0.2, -0.15) is 0 Å². The van der Waals surface area contributed by atoms with Gasteiger partial charge in [0.1, 0.15) is 5.82 Å². The van der Waals surface area contributed by atoms with Crippen molar-refractivity contribution in [3.8, 4) is 0 Å². The van der Waals surface area contributed by atoms with Crippen molar-refractivity contribution in [3.05, 3.63) is 29.6 Å². The fourth-order valence-corrected chi connectivity index (χ4v) is 3.55. The molecule has 1 amide bonds. The number of nitrogens with zero attached hydrogens (tertiary/aromatic N) is 1. The van der Waals surface area contributed by atoms with E-state index in [-0.39, 0.29) is 23.8 Å². The van der Waals surface area contributed by atoms with Gasteiger partial charge >= 0.3 is 0 Å². The van der Waals surface area contributed by atoms with Crippen LogP contribution in [0, 0.1) is 11.7 Å². The highest BCUT2D eigenvalue weighted by molar-refractivity contribution is 5.77. The van der Waals surface area contributed by atoms with Crippen LogP contribution in [0.25, 0.3) is 0 Å². The Morgan fingerprint density at radius 3 is 3.00 bits per heavy atom. The van der Waals surface area contributed by atoms with Gasteiger partial charge in [-0.25, -0.2) is 4.39 Å². The monoisotopic (exact) mass is 291 g/mol. The summed E-state index contributed by atoms with van der Waals surface area (Å²) in [5, 5.41) is 3.06. The number of benzene rings is 1. The number of anilines is 1. The van der Waals surface area contributed by atoms with Gasteiger partial charge in [-0.15, -0.1) is 0 Å². The lowest BCUT2D eigenvalue weighted by molar-refractivity contribution is -0.124. The van der Waals surface area contributed by atoms with Crippen LogP contribution < -0.4 is 16.0 Å². The number of hydrogen-bond donors (Lipinski definition) is 2. The van der Waals surface area contributed by atoms with E-state index in [2.05, 4.69) is 10.2 Å². The van der Waals surface area contributed by atoms with Crippen molar-refractivity contribution in [2.24, 2.45) is 11.7 Å². The smallest absolute Gasteiger partial charge is 0.220 e. The Labute approximate surface area is 124 Å². The molecule has 4 nitrogen and oxygen atoms in total. The summed E-state index contributed by atoms with van der Waals surface area (Å²) in [6, 6.07) is 5.16. The van der Waals surface area contributed by atoms with Crippen LogP contribution in [0.3, 0.4) is 0 Å². The second-order valence-corrected chi connectivity index (χ2v) is 6.17. The average molecular weight is 291 g/mol. The van der Waals surface area contributed by atoms with Gasteiger partial charge in [0.2, 0.25) is 5.91 Å². The van der Waals surface area contributed by atoms with E-state index in [1.165, 1.54) is 6.07 Å². The first-order valence-corrected chi connectivity index (χ1v) is 7.64. The van der Waals surface area contributed by atoms with Gasteiger partial charge in [-0.3, -0.25) is 4.79 Å². The van der Waals surface area contributed by atoms with Crippen molar-refractivity contribution in [2.45, 2.75) is 38.3 Å². The van der Waals surface area contributed by atoms with Gasteiger partial charge in [0, 0.05) is 31.6 Å². The molecule has 114 valence electrons. The standard InChI is InChI=1S/C16H22FN3O/c1-10(18)12-3-2-4-13(17)16(12)20-8-7-14-11(9-20)5-6-15(21)19-14/h2-4,10-11,14H,5-9,18H2,1H3,(H,19,21)/t10-,11?,14?/m0/s1. The minimum atomic E-state index is -0.205. The summed E-state index contributed by atoms with van der Waals surface area (Å²) in [7, 11) is 0. The fraction of sp³-hybridized carbons (Fsp3) is 0.562. The van der Waals surface area contributed by atoms with Gasteiger partial charge in [0.05, 0.1) is 5.69 Å². The van der Waals surface area contributed by atoms with E-state index in [1.807, 2.05) is 13.0 Å². The Kier molecular flexibility index (Phi) is 3.85. The van der Waals surface area contributed by atoms with Crippen LogP contribution in [0.2, 0.25) is 0 Å². The highest BCUT2D eigenvalue weighted by Gasteiger charge is 2.35. The van der Waals surface area contributed by atoms with Crippen LogP contribution in [0.15, 0.2) is 18.2 Å². The number of piperidine rings is 2. The summed E-state index contributed by atoms with van der Waals surface area (Å²) in [4.78, 5) is 13.6. The van der Waals surface area contributed by atoms with Crippen LogP contribution in [-0.4, -0.2) is 25.0 Å². The number of carbonyl (C=O) groups is 1. The van der Waals surface area contributed by atoms with E-state index >= 15 is 0 Å². The maximum absolute atomic E-state index is 14.3. The highest BCUT2D eigenvalue weighted by Crippen LogP contribution is 2.34. The molecule has 2 unspecified atom stereocenters. The lowest BCUT2D eigenvalue weighted by Crippen LogP contribution is -2.54. The number of carbonyl (C=O) groups excluding carboxylic acids is 1. The molecule has 0 bridgehead atoms. The number of para-hydroxylation sites is 1. The molecular formula is C16H22FN3O. The second-order valence-electron chi connectivity index (χ2n) is 6.17. The zero-order valence-corrected chi connectivity index (χ0v) is 12.3. The lowest BCUT2D eigenvalue weighted by Gasteiger charge is -2.43. The van der Waals surface area contributed by atoms with Crippen molar-refractivity contribution < 1.29 is 9.18 Å². The first-order chi connectivity index (χ1) is 10.1. The van der Waals surface area contributed by atoms with Gasteiger partial charge < -0.3 is 16.0 Å². The minimum absolute atomic E-state index is 0.145. The van der Waals surface area contributed by atoms with E-state index in [0.29, 0.717) is 18.0 Å². The van der Waals surface area contributed by atoms with Crippen LogP contribution >= 0.6 is 0 Å². The summed E-state index contributed by atoms with van der Waals surface area (Å²) in [5.41, 5.74) is 7.49. The second kappa shape index (κ2) is 5.64. The molecule has 1 aromatic rings. The molecule has 21 heavy (non-hydrogen) atoms. The topological polar surface area (TPSA) is 58.4 Å². The molecule has 2 heterocycles. The molecule has 3 N–H and O–H groups in total. The molecule has 0 saturated carbocycles. The van der Waals surface area contributed by atoms with Gasteiger partial charge in [-0.05, 0) is 37.3 Å². The Morgan fingerprint density at radius 2 is 2.24 bits per heavy atom. The Bertz CT molecular complexity index is 546. The third-order valence-corrected chi connectivity index (χ3v) is 4.65. The third-order valence-electron chi connectivity index (χ3n) is 4.65. The Morgan fingerprint density at radius 1 is 1.43 bits per heavy atom. The van der Waals surface area contributed by atoms with Gasteiger partial charge in [-0.1, -0.05) is 12.1 Å². The largest absolute Gasteiger partial charge is 0.368 e. The molecule has 0 spiro atoms. The molecule has 2 fully saturated rings. The summed E-state index contributed by atoms with van der Waals surface area (Å²) >= 11 is 0. The number of nitrogens with two attached hydrogens (primary N) is 1. The summed E-state index contributed by atoms with van der Waals surface area (Å²) in [6.45, 7) is 3.42. The predicted octanol–water partition coefficient (Wildman–Crippen LogP) is 1.95. The minimum Gasteiger partial charge on any atom is -0.368 e. The maximum atomic E-state index is 14.3. The van der Waals surface area contributed by atoms with E-state index in [4.69, 9.17) is 5.73 Å². The van der Waals surface area contributed by atoms with Crippen molar-refractivity contribution in [2.75, 3.05) is 18.0 Å². The van der Waals surface area contributed by atoms with E-state index in [9.17, 15) is 9.18 Å². The van der Waals surface area contributed by atoms with Crippen molar-refractivity contribution in [1.29, 1.82) is 0 Å². The van der Waals surface area contributed by atoms with Crippen LogP contribution in [0.4, 0.5) is 10.1 Å². The molecule has 2 saturated heterocycles. The summed E-state index contributed by atoms with van der Waals surface area (Å²) < 4.78 is 14.3. The van der Waals surface area contributed by atoms with Crippen LogP contribution in [-0.2, 0) is 4.79 Å². The van der Waals surface area contributed by atoms with Gasteiger partial charge in [0.25, 0.3) is 0 Å². The first-order valence-electron chi connectivity index (χ1n) is 7.64. The molecule has 1 aromatic carbocycles. The number of fused-ring (bicyclic) bond motifs is 1. The fourth-order valence-electron chi connectivity index (χ4n) is 3.55. The highest BCUT2D eigenvalue weighted by atomic mass is 19.1. The molecule has 3 atom stereocenters. The van der Waals surface area contributed by atoms with Gasteiger partial charge in [0.15, 0.2) is 0 Å². The summed E-state index contributed by atoms with van der Waals surface area (Å²) in [6.07, 6.45) is 2.32. The van der Waals surface area contributed by atoms with E-state index < -0.39 is 0 Å². The number of halogens is 1. The molecule has 0 aliphatic carbocycles. The Hall–Kier alpha value is -1.62. The van der Waals surface area contributed by atoms with Crippen molar-refractivity contribution in [1.82, 2.24) is 5.32 Å². The molecule has 5 heteroatoms. The SMILES string of the molecule is C[C@H](N)c1cccc(F)c1N1CCC2NC(=O)CCC2C1. The summed E-state index contributed by atoms with van der Waals surface area (Å²) in [5.74, 6) is 0.340. The molecule has 2 aliphatic rings. The Balaban J connectivity index is 1.84. The van der Waals surface area contributed by atoms with Crippen molar-refractivity contribution >= 4 is 11.6 Å².